The molecule has 0 saturated carbocycles. The van der Waals surface area contributed by atoms with E-state index in [2.05, 4.69) is 6.92 Å². The first kappa shape index (κ1) is 14.2. The number of hydrogen-bond acceptors (Lipinski definition) is 2. The van der Waals surface area contributed by atoms with E-state index in [1.807, 2.05) is 4.90 Å². The quantitative estimate of drug-likeness (QED) is 0.641. The summed E-state index contributed by atoms with van der Waals surface area (Å²) >= 11 is 0. The molecule has 3 heteroatoms. The van der Waals surface area contributed by atoms with E-state index < -0.39 is 0 Å². The van der Waals surface area contributed by atoms with Crippen molar-refractivity contribution in [1.29, 1.82) is 0 Å². The average Bonchev–Trinajstić information content (AvgIpc) is 2.30. The van der Waals surface area contributed by atoms with E-state index in [0.29, 0.717) is 6.42 Å². The fraction of sp³-hybridized carbons (Fsp3) is 0.857. The highest BCUT2D eigenvalue weighted by atomic mass is 16.2. The van der Waals surface area contributed by atoms with Crippen molar-refractivity contribution in [2.45, 2.75) is 71.3 Å². The lowest BCUT2D eigenvalue weighted by Crippen LogP contribution is -2.47. The van der Waals surface area contributed by atoms with Crippen LogP contribution >= 0.6 is 0 Å². The number of Topliss-reactive ketones (excluding diaryl/α,β-unsaturated/α-hetero) is 1. The number of rotatable bonds is 7. The second-order valence-electron chi connectivity index (χ2n) is 5.02. The van der Waals surface area contributed by atoms with Gasteiger partial charge in [-0.05, 0) is 26.2 Å². The highest BCUT2D eigenvalue weighted by molar-refractivity contribution is 5.88. The van der Waals surface area contributed by atoms with Crippen molar-refractivity contribution in [2.75, 3.05) is 6.54 Å². The van der Waals surface area contributed by atoms with Gasteiger partial charge in [0.25, 0.3) is 0 Å². The highest BCUT2D eigenvalue weighted by Gasteiger charge is 2.30. The molecule has 0 bridgehead atoms. The summed E-state index contributed by atoms with van der Waals surface area (Å²) in [6, 6.07) is -0.137. The Hall–Kier alpha value is -0.860. The second-order valence-corrected chi connectivity index (χ2v) is 5.02. The Morgan fingerprint density at radius 2 is 2.00 bits per heavy atom. The van der Waals surface area contributed by atoms with Crippen molar-refractivity contribution in [3.05, 3.63) is 0 Å². The van der Waals surface area contributed by atoms with Gasteiger partial charge in [-0.2, -0.15) is 0 Å². The minimum absolute atomic E-state index is 0.137. The SMILES string of the molecule is CCCCCCCN1C(=O)CCC[C@@H]1C(C)=O. The summed E-state index contributed by atoms with van der Waals surface area (Å²) in [5.41, 5.74) is 0. The van der Waals surface area contributed by atoms with Gasteiger partial charge in [0.15, 0.2) is 5.78 Å². The van der Waals surface area contributed by atoms with Gasteiger partial charge < -0.3 is 4.90 Å². The minimum atomic E-state index is -0.137. The third-order valence-electron chi connectivity index (χ3n) is 3.54. The van der Waals surface area contributed by atoms with Crippen molar-refractivity contribution in [3.8, 4) is 0 Å². The molecular weight excluding hydrogens is 214 g/mol. The Kier molecular flexibility index (Phi) is 6.23. The van der Waals surface area contributed by atoms with Crippen LogP contribution in [0.2, 0.25) is 0 Å². The zero-order chi connectivity index (χ0) is 12.7. The van der Waals surface area contributed by atoms with Crippen LogP contribution in [0.25, 0.3) is 0 Å². The van der Waals surface area contributed by atoms with Crippen molar-refractivity contribution in [2.24, 2.45) is 0 Å². The van der Waals surface area contributed by atoms with E-state index in [4.69, 9.17) is 0 Å². The Morgan fingerprint density at radius 3 is 2.65 bits per heavy atom. The lowest BCUT2D eigenvalue weighted by Gasteiger charge is -2.34. The average molecular weight is 239 g/mol. The Bertz CT molecular complexity index is 263. The first-order valence-corrected chi connectivity index (χ1v) is 6.96. The molecule has 3 nitrogen and oxygen atoms in total. The third-order valence-corrected chi connectivity index (χ3v) is 3.54. The predicted molar refractivity (Wildman–Crippen MR) is 68.8 cm³/mol. The number of carbonyl (C=O) groups excluding carboxylic acids is 2. The molecule has 1 fully saturated rings. The molecule has 17 heavy (non-hydrogen) atoms. The molecule has 1 aliphatic rings. The molecule has 0 unspecified atom stereocenters. The van der Waals surface area contributed by atoms with Gasteiger partial charge in [0, 0.05) is 13.0 Å². The van der Waals surface area contributed by atoms with Crippen LogP contribution < -0.4 is 0 Å². The van der Waals surface area contributed by atoms with Crippen LogP contribution in [0.4, 0.5) is 0 Å². The van der Waals surface area contributed by atoms with Crippen molar-refractivity contribution < 1.29 is 9.59 Å². The lowest BCUT2D eigenvalue weighted by atomic mass is 9.98. The van der Waals surface area contributed by atoms with Crippen molar-refractivity contribution in [3.63, 3.8) is 0 Å². The standard InChI is InChI=1S/C14H25NO2/c1-3-4-5-6-7-11-15-13(12(2)16)9-8-10-14(15)17/h13H,3-11H2,1-2H3/t13-/m1/s1. The number of carbonyl (C=O) groups is 2. The van der Waals surface area contributed by atoms with Gasteiger partial charge in [-0.1, -0.05) is 32.6 Å². The van der Waals surface area contributed by atoms with Crippen LogP contribution in [-0.2, 0) is 9.59 Å². The monoisotopic (exact) mass is 239 g/mol. The summed E-state index contributed by atoms with van der Waals surface area (Å²) in [5.74, 6) is 0.318. The van der Waals surface area contributed by atoms with Crippen LogP contribution in [0.5, 0.6) is 0 Å². The van der Waals surface area contributed by atoms with E-state index in [9.17, 15) is 9.59 Å². The van der Waals surface area contributed by atoms with Gasteiger partial charge in [-0.15, -0.1) is 0 Å². The molecule has 0 aromatic rings. The molecule has 0 aliphatic carbocycles. The number of piperidine rings is 1. The molecule has 98 valence electrons. The summed E-state index contributed by atoms with van der Waals surface area (Å²) in [7, 11) is 0. The smallest absolute Gasteiger partial charge is 0.223 e. The number of hydrogen-bond donors (Lipinski definition) is 0. The van der Waals surface area contributed by atoms with E-state index in [-0.39, 0.29) is 17.7 Å². The van der Waals surface area contributed by atoms with Crippen molar-refractivity contribution in [1.82, 2.24) is 4.90 Å². The first-order chi connectivity index (χ1) is 8.16. The molecule has 1 saturated heterocycles. The van der Waals surface area contributed by atoms with Crippen LogP contribution in [-0.4, -0.2) is 29.2 Å². The predicted octanol–water partition coefficient (Wildman–Crippen LogP) is 2.93. The Balaban J connectivity index is 2.35. The van der Waals surface area contributed by atoms with Crippen LogP contribution in [0.1, 0.15) is 65.2 Å². The maximum absolute atomic E-state index is 11.8. The van der Waals surface area contributed by atoms with E-state index in [1.54, 1.807) is 6.92 Å². The van der Waals surface area contributed by atoms with Gasteiger partial charge in [0.2, 0.25) is 5.91 Å². The summed E-state index contributed by atoms with van der Waals surface area (Å²) < 4.78 is 0. The molecular formula is C14H25NO2. The highest BCUT2D eigenvalue weighted by Crippen LogP contribution is 2.19. The molecule has 1 amide bonds. The summed E-state index contributed by atoms with van der Waals surface area (Å²) in [6.45, 7) is 4.57. The van der Waals surface area contributed by atoms with E-state index in [1.165, 1.54) is 25.7 Å². The molecule has 0 N–H and O–H groups in total. The number of unbranched alkanes of at least 4 members (excludes halogenated alkanes) is 4. The largest absolute Gasteiger partial charge is 0.333 e. The summed E-state index contributed by atoms with van der Waals surface area (Å²) in [4.78, 5) is 25.1. The van der Waals surface area contributed by atoms with Crippen molar-refractivity contribution >= 4 is 11.7 Å². The fourth-order valence-electron chi connectivity index (χ4n) is 2.51. The van der Waals surface area contributed by atoms with Crippen LogP contribution in [0.15, 0.2) is 0 Å². The molecule has 1 aliphatic heterocycles. The molecule has 1 heterocycles. The zero-order valence-electron chi connectivity index (χ0n) is 11.2. The molecule has 1 rings (SSSR count). The van der Waals surface area contributed by atoms with Crippen LogP contribution in [0, 0.1) is 0 Å². The maximum Gasteiger partial charge on any atom is 0.223 e. The lowest BCUT2D eigenvalue weighted by molar-refractivity contribution is -0.142. The third kappa shape index (κ3) is 4.49. The number of amides is 1. The summed E-state index contributed by atoms with van der Waals surface area (Å²) in [5, 5.41) is 0. The van der Waals surface area contributed by atoms with E-state index >= 15 is 0 Å². The zero-order valence-corrected chi connectivity index (χ0v) is 11.2. The molecule has 1 atom stereocenters. The topological polar surface area (TPSA) is 37.4 Å². The summed E-state index contributed by atoms with van der Waals surface area (Å²) in [6.07, 6.45) is 8.30. The van der Waals surface area contributed by atoms with Gasteiger partial charge in [0.05, 0.1) is 6.04 Å². The minimum Gasteiger partial charge on any atom is -0.333 e. The molecule has 0 aromatic heterocycles. The number of likely N-dealkylation sites (tertiary alicyclic amines) is 1. The van der Waals surface area contributed by atoms with Gasteiger partial charge >= 0.3 is 0 Å². The number of nitrogens with zero attached hydrogens (tertiary/aromatic N) is 1. The second kappa shape index (κ2) is 7.46. The number of ketones is 1. The first-order valence-electron chi connectivity index (χ1n) is 6.96. The Labute approximate surface area is 105 Å². The fourth-order valence-corrected chi connectivity index (χ4v) is 2.51. The van der Waals surface area contributed by atoms with Gasteiger partial charge in [0.1, 0.15) is 0 Å². The molecule has 0 aromatic carbocycles. The Morgan fingerprint density at radius 1 is 1.29 bits per heavy atom. The maximum atomic E-state index is 11.8. The molecule has 0 radical (unpaired) electrons. The van der Waals surface area contributed by atoms with Crippen LogP contribution in [0.3, 0.4) is 0 Å². The van der Waals surface area contributed by atoms with Gasteiger partial charge in [-0.25, -0.2) is 0 Å². The normalized spacial score (nSPS) is 20.7. The van der Waals surface area contributed by atoms with Gasteiger partial charge in [-0.3, -0.25) is 9.59 Å². The van der Waals surface area contributed by atoms with E-state index in [0.717, 1.165) is 25.8 Å². The molecule has 0 spiro atoms.